The Morgan fingerprint density at radius 1 is 1.06 bits per heavy atom. The van der Waals surface area contributed by atoms with Crippen molar-refractivity contribution in [1.29, 1.82) is 0 Å². The Balaban J connectivity index is 1.30. The topological polar surface area (TPSA) is 86.5 Å². The lowest BCUT2D eigenvalue weighted by molar-refractivity contribution is -0.384. The van der Waals surface area contributed by atoms with Crippen LogP contribution < -0.4 is 0 Å². The van der Waals surface area contributed by atoms with E-state index in [4.69, 9.17) is 4.74 Å². The smallest absolute Gasteiger partial charge is 0.338 e. The third-order valence-electron chi connectivity index (χ3n) is 8.78. The molecule has 0 amide bonds. The van der Waals surface area contributed by atoms with E-state index >= 15 is 0 Å². The highest BCUT2D eigenvalue weighted by molar-refractivity contribution is 5.91. The van der Waals surface area contributed by atoms with E-state index < -0.39 is 4.92 Å². The summed E-state index contributed by atoms with van der Waals surface area (Å²) in [7, 11) is 0. The van der Waals surface area contributed by atoms with E-state index in [2.05, 4.69) is 6.92 Å². The summed E-state index contributed by atoms with van der Waals surface area (Å²) >= 11 is 0. The number of carbonyl (C=O) groups excluding carboxylic acids is 2. The van der Waals surface area contributed by atoms with Crippen LogP contribution in [-0.2, 0) is 9.53 Å². The molecule has 6 atom stereocenters. The van der Waals surface area contributed by atoms with E-state index in [0.29, 0.717) is 41.4 Å². The van der Waals surface area contributed by atoms with Crippen molar-refractivity contribution < 1.29 is 19.2 Å². The number of nitro benzene ring substituents is 1. The number of nitro groups is 1. The molecule has 1 aromatic carbocycles. The van der Waals surface area contributed by atoms with Gasteiger partial charge in [0.25, 0.3) is 5.69 Å². The van der Waals surface area contributed by atoms with Crippen LogP contribution in [0.15, 0.2) is 35.9 Å². The predicted molar refractivity (Wildman–Crippen MR) is 114 cm³/mol. The summed E-state index contributed by atoms with van der Waals surface area (Å²) < 4.78 is 6.01. The zero-order chi connectivity index (χ0) is 21.8. The minimum atomic E-state index is -0.469. The Morgan fingerprint density at radius 3 is 2.58 bits per heavy atom. The molecule has 4 aliphatic carbocycles. The summed E-state index contributed by atoms with van der Waals surface area (Å²) in [4.78, 5) is 35.0. The summed E-state index contributed by atoms with van der Waals surface area (Å²) in [6.07, 6.45) is 9.86. The number of rotatable bonds is 3. The normalized spacial score (nSPS) is 36.6. The maximum absolute atomic E-state index is 12.8. The molecule has 6 heteroatoms. The van der Waals surface area contributed by atoms with E-state index in [1.54, 1.807) is 0 Å². The van der Waals surface area contributed by atoms with Crippen molar-refractivity contribution in [2.24, 2.45) is 29.1 Å². The summed E-state index contributed by atoms with van der Waals surface area (Å²) in [5, 5.41) is 10.8. The van der Waals surface area contributed by atoms with Crippen molar-refractivity contribution in [1.82, 2.24) is 0 Å². The van der Waals surface area contributed by atoms with Crippen LogP contribution in [0.4, 0.5) is 5.69 Å². The second kappa shape index (κ2) is 7.57. The molecule has 6 nitrogen and oxygen atoms in total. The monoisotopic (exact) mass is 423 g/mol. The molecule has 0 bridgehead atoms. The SMILES string of the molecule is C[C@]12CC[C@H]3[C@@H](CCC4=CC(=O)CC[C@@H]43)[C@@H]1CC[C@H]2OC(=O)c1ccc([N+](=O)[O-])cc1. The molecule has 0 N–H and O–H groups in total. The molecule has 0 heterocycles. The van der Waals surface area contributed by atoms with E-state index in [9.17, 15) is 19.7 Å². The van der Waals surface area contributed by atoms with Crippen molar-refractivity contribution in [3.05, 3.63) is 51.6 Å². The Bertz CT molecular complexity index is 951. The molecule has 0 aliphatic heterocycles. The lowest BCUT2D eigenvalue weighted by Gasteiger charge is -2.53. The number of hydrogen-bond acceptors (Lipinski definition) is 5. The third-order valence-corrected chi connectivity index (χ3v) is 8.78. The predicted octanol–water partition coefficient (Wildman–Crippen LogP) is 5.26. The van der Waals surface area contributed by atoms with Crippen LogP contribution >= 0.6 is 0 Å². The van der Waals surface area contributed by atoms with E-state index in [1.807, 2.05) is 6.08 Å². The maximum Gasteiger partial charge on any atom is 0.338 e. The lowest BCUT2D eigenvalue weighted by atomic mass is 9.52. The molecule has 0 radical (unpaired) electrons. The highest BCUT2D eigenvalue weighted by atomic mass is 16.6. The van der Waals surface area contributed by atoms with E-state index in [1.165, 1.54) is 29.8 Å². The largest absolute Gasteiger partial charge is 0.458 e. The first-order valence-corrected chi connectivity index (χ1v) is 11.6. The first-order chi connectivity index (χ1) is 14.9. The van der Waals surface area contributed by atoms with Gasteiger partial charge in [-0.15, -0.1) is 0 Å². The standard InChI is InChI=1S/C25H29NO5/c1-25-13-12-20-19-9-7-18(27)14-16(19)4-8-21(20)22(25)10-11-23(25)31-24(28)15-2-5-17(6-3-15)26(29)30/h2-3,5-6,14,19-23H,4,7-13H2,1H3/t19-,20+,21+,22-,23+,25-/m0/s1. The van der Waals surface area contributed by atoms with Crippen LogP contribution in [-0.4, -0.2) is 22.8 Å². The molecule has 164 valence electrons. The van der Waals surface area contributed by atoms with Gasteiger partial charge in [0.05, 0.1) is 10.5 Å². The highest BCUT2D eigenvalue weighted by Gasteiger charge is 2.57. The van der Waals surface area contributed by atoms with Gasteiger partial charge >= 0.3 is 5.97 Å². The van der Waals surface area contributed by atoms with Crippen LogP contribution in [0.3, 0.4) is 0 Å². The molecule has 0 unspecified atom stereocenters. The van der Waals surface area contributed by atoms with Gasteiger partial charge in [-0.25, -0.2) is 4.79 Å². The molecular weight excluding hydrogens is 394 g/mol. The fourth-order valence-corrected chi connectivity index (χ4v) is 7.24. The van der Waals surface area contributed by atoms with Crippen LogP contribution in [0, 0.1) is 39.2 Å². The quantitative estimate of drug-likeness (QED) is 0.376. The minimum absolute atomic E-state index is 0.0106. The van der Waals surface area contributed by atoms with Gasteiger partial charge in [-0.3, -0.25) is 14.9 Å². The molecule has 0 spiro atoms. The van der Waals surface area contributed by atoms with Gasteiger partial charge in [-0.2, -0.15) is 0 Å². The lowest BCUT2D eigenvalue weighted by Crippen LogP contribution is -2.48. The van der Waals surface area contributed by atoms with Gasteiger partial charge in [-0.1, -0.05) is 12.5 Å². The molecule has 3 fully saturated rings. The maximum atomic E-state index is 12.8. The van der Waals surface area contributed by atoms with E-state index in [-0.39, 0.29) is 23.2 Å². The van der Waals surface area contributed by atoms with Crippen molar-refractivity contribution in [2.45, 2.75) is 64.4 Å². The molecule has 4 aliphatic rings. The van der Waals surface area contributed by atoms with Gasteiger partial charge < -0.3 is 4.74 Å². The first kappa shape index (κ1) is 20.4. The number of ether oxygens (including phenoxy) is 1. The van der Waals surface area contributed by atoms with Crippen molar-refractivity contribution in [3.63, 3.8) is 0 Å². The van der Waals surface area contributed by atoms with Crippen molar-refractivity contribution in [3.8, 4) is 0 Å². The Labute approximate surface area is 182 Å². The van der Waals surface area contributed by atoms with Crippen LogP contribution in [0.5, 0.6) is 0 Å². The summed E-state index contributed by atoms with van der Waals surface area (Å²) in [5.74, 6) is 2.35. The zero-order valence-corrected chi connectivity index (χ0v) is 17.9. The number of ketones is 1. The Morgan fingerprint density at radius 2 is 1.84 bits per heavy atom. The van der Waals surface area contributed by atoms with Gasteiger partial charge in [0.1, 0.15) is 6.10 Å². The minimum Gasteiger partial charge on any atom is -0.458 e. The number of allylic oxidation sites excluding steroid dienone is 1. The molecule has 5 rings (SSSR count). The first-order valence-electron chi connectivity index (χ1n) is 11.6. The zero-order valence-electron chi connectivity index (χ0n) is 17.9. The number of nitrogens with zero attached hydrogens (tertiary/aromatic N) is 1. The highest BCUT2D eigenvalue weighted by Crippen LogP contribution is 2.62. The second-order valence-corrected chi connectivity index (χ2v) is 10.1. The third kappa shape index (κ3) is 3.40. The van der Waals surface area contributed by atoms with Crippen molar-refractivity contribution in [2.75, 3.05) is 0 Å². The van der Waals surface area contributed by atoms with Crippen molar-refractivity contribution >= 4 is 17.4 Å². The van der Waals surface area contributed by atoms with Gasteiger partial charge in [-0.05, 0) is 86.8 Å². The number of hydrogen-bond donors (Lipinski definition) is 0. The number of non-ortho nitro benzene ring substituents is 1. The number of fused-ring (bicyclic) bond motifs is 5. The average Bonchev–Trinajstić information content (AvgIpc) is 3.09. The van der Waals surface area contributed by atoms with E-state index in [0.717, 1.165) is 44.9 Å². The summed E-state index contributed by atoms with van der Waals surface area (Å²) in [6.45, 7) is 2.30. The summed E-state index contributed by atoms with van der Waals surface area (Å²) in [6, 6.07) is 5.66. The number of carbonyl (C=O) groups is 2. The molecule has 31 heavy (non-hydrogen) atoms. The number of esters is 1. The Hall–Kier alpha value is -2.50. The van der Waals surface area contributed by atoms with Gasteiger partial charge in [0.15, 0.2) is 5.78 Å². The number of benzene rings is 1. The van der Waals surface area contributed by atoms with Crippen LogP contribution in [0.25, 0.3) is 0 Å². The molecule has 3 saturated carbocycles. The molecule has 0 aromatic heterocycles. The molecular formula is C25H29NO5. The van der Waals surface area contributed by atoms with Crippen LogP contribution in [0.1, 0.15) is 68.6 Å². The fraction of sp³-hybridized carbons (Fsp3) is 0.600. The average molecular weight is 424 g/mol. The second-order valence-electron chi connectivity index (χ2n) is 10.1. The van der Waals surface area contributed by atoms with Gasteiger partial charge in [0.2, 0.25) is 0 Å². The Kier molecular flexibility index (Phi) is 4.98. The molecule has 1 aromatic rings. The molecule has 0 saturated heterocycles. The summed E-state index contributed by atoms with van der Waals surface area (Å²) in [5.41, 5.74) is 1.72. The van der Waals surface area contributed by atoms with Crippen LogP contribution in [0.2, 0.25) is 0 Å². The van der Waals surface area contributed by atoms with Gasteiger partial charge in [0, 0.05) is 24.0 Å². The fourth-order valence-electron chi connectivity index (χ4n) is 7.24.